The van der Waals surface area contributed by atoms with E-state index in [1.807, 2.05) is 99.6 Å². The number of likely N-dealkylation sites (tertiary alicyclic amines) is 1. The second-order valence-electron chi connectivity index (χ2n) is 15.7. The molecule has 7 atom stereocenters. The van der Waals surface area contributed by atoms with E-state index in [4.69, 9.17) is 10.5 Å². The fourth-order valence-corrected chi connectivity index (χ4v) is 6.94. The number of hydrogen-bond acceptors (Lipinski definition) is 5. The van der Waals surface area contributed by atoms with Crippen molar-refractivity contribution in [3.05, 3.63) is 48.0 Å². The largest absolute Gasteiger partial charge is 0.375 e. The van der Waals surface area contributed by atoms with E-state index in [-0.39, 0.29) is 52.9 Å². The molecule has 0 spiro atoms. The van der Waals surface area contributed by atoms with Crippen LogP contribution in [0.4, 0.5) is 4.79 Å². The van der Waals surface area contributed by atoms with Crippen molar-refractivity contribution in [3.8, 4) is 0 Å². The molecule has 9 heteroatoms. The van der Waals surface area contributed by atoms with Crippen LogP contribution < -0.4 is 16.4 Å². The van der Waals surface area contributed by atoms with Gasteiger partial charge in [0.1, 0.15) is 12.1 Å². The molecule has 1 aromatic carbocycles. The first-order valence-electron chi connectivity index (χ1n) is 18.6. The number of nitrogens with one attached hydrogen (secondary N) is 2. The molecule has 2 fully saturated rings. The molecule has 3 rings (SSSR count). The smallest absolute Gasteiger partial charge is 0.315 e. The van der Waals surface area contributed by atoms with E-state index in [2.05, 4.69) is 44.9 Å². The number of fused-ring (bicyclic) bond motifs is 1. The zero-order valence-electron chi connectivity index (χ0n) is 34.3. The molecule has 4 amide bonds. The molecule has 50 heavy (non-hydrogen) atoms. The van der Waals surface area contributed by atoms with Crippen molar-refractivity contribution in [1.29, 1.82) is 0 Å². The summed E-state index contributed by atoms with van der Waals surface area (Å²) in [6, 6.07) is 7.88. The number of methoxy groups -OCH3 is 1. The molecular weight excluding hydrogens is 628 g/mol. The molecule has 0 aromatic heterocycles. The summed E-state index contributed by atoms with van der Waals surface area (Å²) in [5.41, 5.74) is 6.13. The Hall–Kier alpha value is -3.20. The summed E-state index contributed by atoms with van der Waals surface area (Å²) in [6.45, 7) is 34.2. The van der Waals surface area contributed by atoms with E-state index in [9.17, 15) is 19.2 Å². The van der Waals surface area contributed by atoms with Crippen molar-refractivity contribution >= 4 is 23.6 Å². The fraction of sp³-hybridized carbons (Fsp3) is 0.707. The van der Waals surface area contributed by atoms with Gasteiger partial charge in [0.2, 0.25) is 11.8 Å². The summed E-state index contributed by atoms with van der Waals surface area (Å²) in [6.07, 6.45) is 0.641. The summed E-state index contributed by atoms with van der Waals surface area (Å²) in [5.74, 6) is 0.851. The number of amides is 4. The van der Waals surface area contributed by atoms with Crippen LogP contribution in [0.5, 0.6) is 0 Å². The third-order valence-electron chi connectivity index (χ3n) is 9.76. The Morgan fingerprint density at radius 2 is 1.50 bits per heavy atom. The number of piperidine rings is 1. The van der Waals surface area contributed by atoms with Gasteiger partial charge in [-0.25, -0.2) is 4.79 Å². The van der Waals surface area contributed by atoms with Gasteiger partial charge in [-0.05, 0) is 59.3 Å². The minimum Gasteiger partial charge on any atom is -0.375 e. The maximum Gasteiger partial charge on any atom is 0.315 e. The summed E-state index contributed by atoms with van der Waals surface area (Å²) in [5, 5.41) is 6.02. The maximum absolute atomic E-state index is 13.8. The molecule has 1 aliphatic carbocycles. The number of Topliss-reactive ketones (excluding diaryl/α,β-unsaturated/α-hetero) is 1. The molecule has 7 unspecified atom stereocenters. The van der Waals surface area contributed by atoms with E-state index in [1.54, 1.807) is 18.9 Å². The molecule has 4 N–H and O–H groups in total. The van der Waals surface area contributed by atoms with Crippen LogP contribution in [0.3, 0.4) is 0 Å². The van der Waals surface area contributed by atoms with Crippen molar-refractivity contribution in [2.75, 3.05) is 13.7 Å². The molecule has 0 bridgehead atoms. The lowest BCUT2D eigenvalue weighted by Crippen LogP contribution is -2.60. The Morgan fingerprint density at radius 1 is 0.980 bits per heavy atom. The molecule has 0 radical (unpaired) electrons. The molecule has 2 aliphatic rings. The molecule has 286 valence electrons. The lowest BCUT2D eigenvalue weighted by Gasteiger charge is -2.38. The monoisotopic (exact) mass is 701 g/mol. The summed E-state index contributed by atoms with van der Waals surface area (Å²) in [4.78, 5) is 51.9. The second kappa shape index (κ2) is 20.6. The predicted octanol–water partition coefficient (Wildman–Crippen LogP) is 7.95. The molecule has 1 aliphatic heterocycles. The average Bonchev–Trinajstić information content (AvgIpc) is 3.35. The van der Waals surface area contributed by atoms with Crippen molar-refractivity contribution in [2.24, 2.45) is 46.2 Å². The molecular formula is C41H72N4O5. The van der Waals surface area contributed by atoms with Gasteiger partial charge in [-0.1, -0.05) is 134 Å². The zero-order valence-corrected chi connectivity index (χ0v) is 34.3. The molecule has 1 saturated carbocycles. The first-order chi connectivity index (χ1) is 23.2. The number of urea groups is 1. The molecule has 1 saturated heterocycles. The van der Waals surface area contributed by atoms with Gasteiger partial charge < -0.3 is 26.0 Å². The summed E-state index contributed by atoms with van der Waals surface area (Å²) >= 11 is 0. The number of ketones is 1. The van der Waals surface area contributed by atoms with Crippen LogP contribution in [-0.4, -0.2) is 60.3 Å². The third-order valence-corrected chi connectivity index (χ3v) is 9.76. The van der Waals surface area contributed by atoms with Crippen molar-refractivity contribution < 1.29 is 23.9 Å². The highest BCUT2D eigenvalue weighted by Gasteiger charge is 2.69. The first-order valence-corrected chi connectivity index (χ1v) is 18.6. The highest BCUT2D eigenvalue weighted by Crippen LogP contribution is 2.65. The Balaban J connectivity index is 0.00000135. The number of carbonyl (C=O) groups excluding carboxylic acids is 4. The standard InChI is InChI=1S/C28H43N3O4.C9H17NO.2C2H6/c1-16(2)21(23(35-9)18-13-11-10-12-14-18)29-26(34)30-24(27(4,5)6)25(33)31-15-19-20(28(19,7)8)22(31)17(3)32;1-6(2)5-7(3)8(4)9(10)11;2*1-2/h10-14,16,19-24H,15H2,1-9H3,(H2,29,30,34);6-7H,4-5H2,1-3H3,(H2,10,11);2*1-2H3. The van der Waals surface area contributed by atoms with Gasteiger partial charge in [-0.2, -0.15) is 0 Å². The van der Waals surface area contributed by atoms with Crippen molar-refractivity contribution in [1.82, 2.24) is 15.5 Å². The van der Waals surface area contributed by atoms with Crippen LogP contribution in [0.15, 0.2) is 42.5 Å². The van der Waals surface area contributed by atoms with Gasteiger partial charge in [0, 0.05) is 19.2 Å². The van der Waals surface area contributed by atoms with Gasteiger partial charge in [0.05, 0.1) is 12.1 Å². The first kappa shape index (κ1) is 46.8. The highest BCUT2D eigenvalue weighted by atomic mass is 16.5. The van der Waals surface area contributed by atoms with E-state index < -0.39 is 23.5 Å². The quantitative estimate of drug-likeness (QED) is 0.191. The minimum atomic E-state index is -0.768. The van der Waals surface area contributed by atoms with Crippen LogP contribution in [0, 0.1) is 40.4 Å². The number of carbonyl (C=O) groups is 4. The number of ether oxygens (including phenoxy) is 1. The van der Waals surface area contributed by atoms with Gasteiger partial charge in [0.15, 0.2) is 5.78 Å². The number of primary amides is 1. The van der Waals surface area contributed by atoms with Crippen LogP contribution in [-0.2, 0) is 19.1 Å². The average molecular weight is 701 g/mol. The van der Waals surface area contributed by atoms with E-state index in [0.29, 0.717) is 24.0 Å². The van der Waals surface area contributed by atoms with Crippen LogP contribution in [0.25, 0.3) is 0 Å². The van der Waals surface area contributed by atoms with E-state index in [1.165, 1.54) is 0 Å². The number of nitrogens with two attached hydrogens (primary N) is 1. The predicted molar refractivity (Wildman–Crippen MR) is 206 cm³/mol. The maximum atomic E-state index is 13.8. The number of rotatable bonds is 12. The topological polar surface area (TPSA) is 131 Å². The number of hydrogen-bond donors (Lipinski definition) is 3. The lowest BCUT2D eigenvalue weighted by molar-refractivity contribution is -0.142. The summed E-state index contributed by atoms with van der Waals surface area (Å²) in [7, 11) is 1.64. The molecule has 9 nitrogen and oxygen atoms in total. The van der Waals surface area contributed by atoms with Gasteiger partial charge in [0.25, 0.3) is 0 Å². The fourth-order valence-electron chi connectivity index (χ4n) is 6.94. The zero-order chi connectivity index (χ0) is 39.3. The molecule has 1 aromatic rings. The van der Waals surface area contributed by atoms with Crippen LogP contribution in [0.2, 0.25) is 0 Å². The normalized spacial score (nSPS) is 20.9. The van der Waals surface area contributed by atoms with E-state index >= 15 is 0 Å². The second-order valence-corrected chi connectivity index (χ2v) is 15.7. The van der Waals surface area contributed by atoms with Gasteiger partial charge >= 0.3 is 6.03 Å². The van der Waals surface area contributed by atoms with Crippen LogP contribution >= 0.6 is 0 Å². The Morgan fingerprint density at radius 3 is 1.90 bits per heavy atom. The van der Waals surface area contributed by atoms with Crippen LogP contribution in [0.1, 0.15) is 122 Å². The van der Waals surface area contributed by atoms with Crippen molar-refractivity contribution in [2.45, 2.75) is 135 Å². The van der Waals surface area contributed by atoms with Gasteiger partial charge in [-0.15, -0.1) is 0 Å². The van der Waals surface area contributed by atoms with Gasteiger partial charge in [-0.3, -0.25) is 14.4 Å². The number of nitrogens with zero attached hydrogens (tertiary/aromatic N) is 1. The SMILES string of the molecule is C=C(C(N)=O)C(C)CC(C)C.CC.CC.COC(c1ccccc1)C(NC(=O)NC(C(=O)N1CC2C(C1C(C)=O)C2(C)C)C(C)(C)C)C(C)C. The number of benzene rings is 1. The Labute approximate surface area is 304 Å². The van der Waals surface area contributed by atoms with E-state index in [0.717, 1.165) is 12.0 Å². The molecule has 1 heterocycles. The minimum absolute atomic E-state index is 0.0132. The Bertz CT molecular complexity index is 1240. The summed E-state index contributed by atoms with van der Waals surface area (Å²) < 4.78 is 5.78. The third kappa shape index (κ3) is 12.5. The lowest BCUT2D eigenvalue weighted by atomic mass is 9.85. The van der Waals surface area contributed by atoms with Crippen molar-refractivity contribution in [3.63, 3.8) is 0 Å². The Kier molecular flexibility index (Phi) is 19.3. The highest BCUT2D eigenvalue weighted by molar-refractivity contribution is 5.94.